The van der Waals surface area contributed by atoms with Gasteiger partial charge in [-0.2, -0.15) is 13.2 Å². The molecular formula is C20H14BrF3N2O2S2. The number of thioether (sulfide) groups is 1. The number of halogens is 4. The van der Waals surface area contributed by atoms with Crippen LogP contribution in [0.3, 0.4) is 0 Å². The largest absolute Gasteiger partial charge is 0.416 e. The van der Waals surface area contributed by atoms with E-state index in [1.165, 1.54) is 19.1 Å². The minimum Gasteiger partial charge on any atom is -0.324 e. The molecule has 2 aromatic carbocycles. The number of rotatable bonds is 4. The van der Waals surface area contributed by atoms with Crippen LogP contribution >= 0.6 is 39.9 Å². The maximum absolute atomic E-state index is 12.9. The standard InChI is InChI=1S/C20H14BrF3N2O2S2/c1-11(17(27)25-15-7-3-5-13(10-15)20(22,23)24)26-18(28)16(30-19(26)29)9-12-4-2-6-14(21)8-12/h2-11H,1H3,(H,25,27)/b16-9-. The SMILES string of the molecule is CC(C(=O)Nc1cccc(C(F)(F)F)c1)N1C(=O)/C(=C/c2cccc(Br)c2)SC1=S. The van der Waals surface area contributed by atoms with Crippen molar-refractivity contribution in [3.8, 4) is 0 Å². The first kappa shape index (κ1) is 22.5. The fraction of sp³-hybridized carbons (Fsp3) is 0.150. The number of carbonyl (C=O) groups excluding carboxylic acids is 2. The normalized spacial score (nSPS) is 16.8. The van der Waals surface area contributed by atoms with Crippen molar-refractivity contribution in [3.05, 3.63) is 69.0 Å². The van der Waals surface area contributed by atoms with E-state index in [1.807, 2.05) is 24.3 Å². The highest BCUT2D eigenvalue weighted by molar-refractivity contribution is 9.10. The average molecular weight is 515 g/mol. The Hall–Kier alpha value is -2.17. The molecule has 0 saturated carbocycles. The Morgan fingerprint density at radius 2 is 1.93 bits per heavy atom. The summed E-state index contributed by atoms with van der Waals surface area (Å²) in [6, 6.07) is 10.6. The molecule has 0 aromatic heterocycles. The van der Waals surface area contributed by atoms with Crippen molar-refractivity contribution in [3.63, 3.8) is 0 Å². The van der Waals surface area contributed by atoms with E-state index in [0.29, 0.717) is 4.91 Å². The lowest BCUT2D eigenvalue weighted by Gasteiger charge is -2.22. The van der Waals surface area contributed by atoms with Crippen molar-refractivity contribution >= 4 is 67.8 Å². The second kappa shape index (κ2) is 8.91. The Bertz CT molecular complexity index is 1060. The average Bonchev–Trinajstić information content (AvgIpc) is 2.94. The summed E-state index contributed by atoms with van der Waals surface area (Å²) in [6.45, 7) is 1.47. The first-order chi connectivity index (χ1) is 14.1. The van der Waals surface area contributed by atoms with E-state index in [0.717, 1.165) is 38.8 Å². The van der Waals surface area contributed by atoms with Crippen LogP contribution in [-0.2, 0) is 15.8 Å². The van der Waals surface area contributed by atoms with Crippen LogP contribution in [0.5, 0.6) is 0 Å². The summed E-state index contributed by atoms with van der Waals surface area (Å²) >= 11 is 9.68. The molecule has 1 unspecified atom stereocenters. The summed E-state index contributed by atoms with van der Waals surface area (Å²) in [7, 11) is 0. The Morgan fingerprint density at radius 1 is 1.23 bits per heavy atom. The summed E-state index contributed by atoms with van der Waals surface area (Å²) in [5.74, 6) is -1.08. The number of hydrogen-bond acceptors (Lipinski definition) is 4. The van der Waals surface area contributed by atoms with Crippen molar-refractivity contribution in [2.45, 2.75) is 19.1 Å². The first-order valence-electron chi connectivity index (χ1n) is 8.57. The second-order valence-electron chi connectivity index (χ2n) is 6.35. The Kier molecular flexibility index (Phi) is 6.68. The fourth-order valence-corrected chi connectivity index (χ4v) is 4.53. The van der Waals surface area contributed by atoms with Crippen LogP contribution in [0.15, 0.2) is 57.9 Å². The van der Waals surface area contributed by atoms with Gasteiger partial charge in [0.15, 0.2) is 0 Å². The van der Waals surface area contributed by atoms with E-state index >= 15 is 0 Å². The van der Waals surface area contributed by atoms with Crippen LogP contribution in [0, 0.1) is 0 Å². The van der Waals surface area contributed by atoms with E-state index in [-0.39, 0.29) is 10.0 Å². The minimum atomic E-state index is -4.53. The molecule has 3 rings (SSSR count). The lowest BCUT2D eigenvalue weighted by molar-refractivity contribution is -0.137. The zero-order valence-electron chi connectivity index (χ0n) is 15.4. The second-order valence-corrected chi connectivity index (χ2v) is 8.94. The smallest absolute Gasteiger partial charge is 0.324 e. The molecule has 1 heterocycles. The summed E-state index contributed by atoms with van der Waals surface area (Å²) in [5, 5.41) is 2.42. The molecule has 0 spiro atoms. The number of alkyl halides is 3. The molecule has 0 radical (unpaired) electrons. The zero-order valence-corrected chi connectivity index (χ0v) is 18.6. The number of anilines is 1. The van der Waals surface area contributed by atoms with Gasteiger partial charge in [0.05, 0.1) is 10.5 Å². The van der Waals surface area contributed by atoms with E-state index in [9.17, 15) is 22.8 Å². The van der Waals surface area contributed by atoms with Gasteiger partial charge in [-0.25, -0.2) is 0 Å². The molecule has 1 fully saturated rings. The number of thiocarbonyl (C=S) groups is 1. The maximum Gasteiger partial charge on any atom is 0.416 e. The molecule has 2 amide bonds. The number of hydrogen-bond donors (Lipinski definition) is 1. The third-order valence-corrected chi connectivity index (χ3v) is 6.02. The number of nitrogens with zero attached hydrogens (tertiary/aromatic N) is 1. The van der Waals surface area contributed by atoms with Crippen molar-refractivity contribution in [1.82, 2.24) is 4.90 Å². The molecule has 1 aliphatic heterocycles. The van der Waals surface area contributed by atoms with Crippen LogP contribution in [0.4, 0.5) is 18.9 Å². The van der Waals surface area contributed by atoms with Gasteiger partial charge in [-0.15, -0.1) is 0 Å². The first-order valence-corrected chi connectivity index (χ1v) is 10.6. The van der Waals surface area contributed by atoms with Crippen LogP contribution < -0.4 is 5.32 Å². The molecule has 156 valence electrons. The third kappa shape index (κ3) is 5.11. The van der Waals surface area contributed by atoms with Crippen LogP contribution in [0.25, 0.3) is 6.08 Å². The van der Waals surface area contributed by atoms with Gasteiger partial charge < -0.3 is 5.32 Å². The molecule has 10 heteroatoms. The highest BCUT2D eigenvalue weighted by Crippen LogP contribution is 2.35. The Morgan fingerprint density at radius 3 is 2.60 bits per heavy atom. The summed E-state index contributed by atoms with van der Waals surface area (Å²) in [4.78, 5) is 26.9. The van der Waals surface area contributed by atoms with E-state index in [4.69, 9.17) is 12.2 Å². The highest BCUT2D eigenvalue weighted by Gasteiger charge is 2.38. The minimum absolute atomic E-state index is 0.0169. The zero-order chi connectivity index (χ0) is 22.1. The van der Waals surface area contributed by atoms with Gasteiger partial charge in [0.2, 0.25) is 5.91 Å². The van der Waals surface area contributed by atoms with E-state index in [2.05, 4.69) is 21.2 Å². The summed E-state index contributed by atoms with van der Waals surface area (Å²) in [6.07, 6.45) is -2.86. The molecule has 4 nitrogen and oxygen atoms in total. The van der Waals surface area contributed by atoms with Crippen molar-refractivity contribution in [1.29, 1.82) is 0 Å². The van der Waals surface area contributed by atoms with Gasteiger partial charge in [0.1, 0.15) is 10.4 Å². The van der Waals surface area contributed by atoms with Gasteiger partial charge in [-0.1, -0.05) is 58.1 Å². The van der Waals surface area contributed by atoms with Gasteiger partial charge in [0.25, 0.3) is 5.91 Å². The number of nitrogens with one attached hydrogen (secondary N) is 1. The Labute approximate surface area is 188 Å². The van der Waals surface area contributed by atoms with Crippen molar-refractivity contribution < 1.29 is 22.8 Å². The molecule has 0 bridgehead atoms. The monoisotopic (exact) mass is 514 g/mol. The highest BCUT2D eigenvalue weighted by atomic mass is 79.9. The molecule has 0 aliphatic carbocycles. The predicted molar refractivity (Wildman–Crippen MR) is 119 cm³/mol. The molecule has 1 atom stereocenters. The van der Waals surface area contributed by atoms with E-state index < -0.39 is 29.6 Å². The van der Waals surface area contributed by atoms with Crippen LogP contribution in [-0.4, -0.2) is 27.1 Å². The third-order valence-electron chi connectivity index (χ3n) is 4.19. The molecule has 2 aromatic rings. The predicted octanol–water partition coefficient (Wildman–Crippen LogP) is 5.70. The number of carbonyl (C=O) groups is 2. The van der Waals surface area contributed by atoms with Crippen molar-refractivity contribution in [2.75, 3.05) is 5.32 Å². The fourth-order valence-electron chi connectivity index (χ4n) is 2.70. The maximum atomic E-state index is 12.9. The van der Waals surface area contributed by atoms with Crippen LogP contribution in [0.2, 0.25) is 0 Å². The van der Waals surface area contributed by atoms with Gasteiger partial charge in [-0.3, -0.25) is 14.5 Å². The number of amides is 2. The van der Waals surface area contributed by atoms with Gasteiger partial charge >= 0.3 is 6.18 Å². The lowest BCUT2D eigenvalue weighted by atomic mass is 10.1. The van der Waals surface area contributed by atoms with Crippen molar-refractivity contribution in [2.24, 2.45) is 0 Å². The quantitative estimate of drug-likeness (QED) is 0.420. The summed E-state index contributed by atoms with van der Waals surface area (Å²) < 4.78 is 39.6. The van der Waals surface area contributed by atoms with Crippen LogP contribution in [0.1, 0.15) is 18.1 Å². The molecule has 30 heavy (non-hydrogen) atoms. The molecule has 1 aliphatic rings. The van der Waals surface area contributed by atoms with Gasteiger partial charge in [0, 0.05) is 10.2 Å². The Balaban J connectivity index is 1.76. The van der Waals surface area contributed by atoms with Gasteiger partial charge in [-0.05, 0) is 48.9 Å². The topological polar surface area (TPSA) is 49.4 Å². The van der Waals surface area contributed by atoms with E-state index in [1.54, 1.807) is 6.08 Å². The summed E-state index contributed by atoms with van der Waals surface area (Å²) in [5.41, 5.74) is -0.113. The molecular weight excluding hydrogens is 501 g/mol. The number of benzene rings is 2. The lowest BCUT2D eigenvalue weighted by Crippen LogP contribution is -2.44. The molecule has 1 N–H and O–H groups in total. The molecule has 1 saturated heterocycles.